The van der Waals surface area contributed by atoms with Crippen LogP contribution in [-0.2, 0) is 21.0 Å². The molecule has 1 aromatic carbocycles. The van der Waals surface area contributed by atoms with Gasteiger partial charge in [0.1, 0.15) is 18.2 Å². The van der Waals surface area contributed by atoms with Gasteiger partial charge in [0.15, 0.2) is 0 Å². The zero-order valence-electron chi connectivity index (χ0n) is 19.9. The number of pyridine rings is 1. The summed E-state index contributed by atoms with van der Waals surface area (Å²) in [6.07, 6.45) is 1.31. The first-order chi connectivity index (χ1) is 16.3. The molecule has 0 fully saturated rings. The van der Waals surface area contributed by atoms with Crippen LogP contribution in [-0.4, -0.2) is 59.7 Å². The Morgan fingerprint density at radius 1 is 1.12 bits per heavy atom. The summed E-state index contributed by atoms with van der Waals surface area (Å²) in [5, 5.41) is 10.3. The molecule has 0 aliphatic carbocycles. The molecule has 0 spiro atoms. The van der Waals surface area contributed by atoms with E-state index in [1.165, 1.54) is 4.57 Å². The zero-order chi connectivity index (χ0) is 24.7. The maximum atomic E-state index is 12.9. The fraction of sp³-hybridized carbons (Fsp3) is 0.391. The number of benzene rings is 1. The summed E-state index contributed by atoms with van der Waals surface area (Å²) >= 11 is 0. The summed E-state index contributed by atoms with van der Waals surface area (Å²) in [6, 6.07) is 10.9. The van der Waals surface area contributed by atoms with E-state index in [4.69, 9.17) is 4.74 Å². The Bertz CT molecular complexity index is 1220. The zero-order valence-corrected chi connectivity index (χ0v) is 20.7. The van der Waals surface area contributed by atoms with Gasteiger partial charge in [-0.3, -0.25) is 9.88 Å². The van der Waals surface area contributed by atoms with Gasteiger partial charge in [0.2, 0.25) is 9.84 Å². The number of nitrogens with zero attached hydrogens (tertiary/aromatic N) is 5. The number of hydrogen-bond acceptors (Lipinski definition) is 8. The number of carbonyl (C=O) groups excluding carboxylic acids is 1. The van der Waals surface area contributed by atoms with Gasteiger partial charge in [-0.1, -0.05) is 13.0 Å². The summed E-state index contributed by atoms with van der Waals surface area (Å²) in [6.45, 7) is 9.34. The highest BCUT2D eigenvalue weighted by Crippen LogP contribution is 2.23. The van der Waals surface area contributed by atoms with E-state index < -0.39 is 21.7 Å². The molecule has 1 N–H and O–H groups in total. The molecule has 2 heterocycles. The number of aryl methyl sites for hydroxylation is 2. The van der Waals surface area contributed by atoms with Crippen molar-refractivity contribution in [1.29, 1.82) is 0 Å². The topological polar surface area (TPSA) is 119 Å². The molecule has 34 heavy (non-hydrogen) atoms. The van der Waals surface area contributed by atoms with E-state index in [-0.39, 0.29) is 11.8 Å². The average Bonchev–Trinajstić information content (AvgIpc) is 3.27. The molecule has 1 amide bonds. The first kappa shape index (κ1) is 25.2. The van der Waals surface area contributed by atoms with Crippen molar-refractivity contribution < 1.29 is 17.9 Å². The number of carbonyl (C=O) groups is 1. The maximum Gasteiger partial charge on any atom is 0.411 e. The fourth-order valence-electron chi connectivity index (χ4n) is 3.50. The number of nitrogens with one attached hydrogen (secondary N) is 1. The lowest BCUT2D eigenvalue weighted by atomic mass is 10.1. The molecule has 3 rings (SSSR count). The number of amides is 1. The summed E-state index contributed by atoms with van der Waals surface area (Å²) < 4.78 is 32.4. The first-order valence-corrected chi connectivity index (χ1v) is 12.8. The minimum absolute atomic E-state index is 0.227. The number of ether oxygens (including phenoxy) is 1. The molecular formula is C23H30N6O4S. The summed E-state index contributed by atoms with van der Waals surface area (Å²) in [5.41, 5.74) is 2.55. The van der Waals surface area contributed by atoms with E-state index in [0.717, 1.165) is 24.3 Å². The van der Waals surface area contributed by atoms with E-state index in [1.807, 2.05) is 32.0 Å². The Hall–Kier alpha value is -3.47. The number of sulfone groups is 1. The van der Waals surface area contributed by atoms with Crippen molar-refractivity contribution in [3.05, 3.63) is 54.0 Å². The van der Waals surface area contributed by atoms with Crippen molar-refractivity contribution in [2.75, 3.05) is 35.7 Å². The molecule has 0 aliphatic rings. The molecule has 182 valence electrons. The van der Waals surface area contributed by atoms with Crippen molar-refractivity contribution in [3.63, 3.8) is 0 Å². The van der Waals surface area contributed by atoms with Crippen LogP contribution in [0.25, 0.3) is 5.82 Å². The Balaban J connectivity index is 1.65. The highest BCUT2D eigenvalue weighted by molar-refractivity contribution is 7.91. The normalized spacial score (nSPS) is 11.3. The second-order valence-corrected chi connectivity index (χ2v) is 9.53. The number of anilines is 2. The minimum atomic E-state index is -3.89. The highest BCUT2D eigenvalue weighted by atomic mass is 32.2. The Morgan fingerprint density at radius 2 is 1.88 bits per heavy atom. The van der Waals surface area contributed by atoms with Crippen LogP contribution in [0, 0.1) is 6.92 Å². The Kier molecular flexibility index (Phi) is 8.21. The monoisotopic (exact) mass is 486 g/mol. The molecule has 0 bridgehead atoms. The van der Waals surface area contributed by atoms with Gasteiger partial charge >= 0.3 is 6.09 Å². The van der Waals surface area contributed by atoms with E-state index in [2.05, 4.69) is 39.2 Å². The predicted molar refractivity (Wildman–Crippen MR) is 130 cm³/mol. The number of aromatic nitrogens is 4. The molecule has 0 saturated heterocycles. The third kappa shape index (κ3) is 5.71. The highest BCUT2D eigenvalue weighted by Gasteiger charge is 2.26. The lowest BCUT2D eigenvalue weighted by Crippen LogP contribution is -2.23. The lowest BCUT2D eigenvalue weighted by molar-refractivity contribution is 0.168. The second-order valence-electron chi connectivity index (χ2n) is 7.53. The quantitative estimate of drug-likeness (QED) is 0.463. The molecule has 3 aromatic rings. The Labute approximate surface area is 199 Å². The summed E-state index contributed by atoms with van der Waals surface area (Å²) in [4.78, 5) is 18.7. The maximum absolute atomic E-state index is 12.9. The van der Waals surface area contributed by atoms with E-state index in [0.29, 0.717) is 23.8 Å². The largest absolute Gasteiger partial charge is 0.448 e. The molecular weight excluding hydrogens is 456 g/mol. The second kappa shape index (κ2) is 11.1. The van der Waals surface area contributed by atoms with Crippen molar-refractivity contribution in [3.8, 4) is 5.82 Å². The van der Waals surface area contributed by atoms with Crippen LogP contribution in [0.4, 0.5) is 16.2 Å². The number of rotatable bonds is 10. The summed E-state index contributed by atoms with van der Waals surface area (Å²) in [7, 11) is -3.89. The first-order valence-electron chi connectivity index (χ1n) is 11.2. The van der Waals surface area contributed by atoms with Crippen LogP contribution in [0.5, 0.6) is 0 Å². The van der Waals surface area contributed by atoms with Gasteiger partial charge in [0, 0.05) is 37.1 Å². The molecule has 0 atom stereocenters. The van der Waals surface area contributed by atoms with Gasteiger partial charge in [0.25, 0.3) is 5.16 Å². The summed E-state index contributed by atoms with van der Waals surface area (Å²) in [5.74, 6) is 0.444. The third-order valence-corrected chi connectivity index (χ3v) is 6.86. The molecule has 10 nitrogen and oxygen atoms in total. The molecule has 0 aliphatic heterocycles. The van der Waals surface area contributed by atoms with Crippen LogP contribution in [0.1, 0.15) is 32.2 Å². The minimum Gasteiger partial charge on any atom is -0.448 e. The van der Waals surface area contributed by atoms with E-state index in [1.54, 1.807) is 24.4 Å². The molecule has 0 unspecified atom stereocenters. The lowest BCUT2D eigenvalue weighted by Gasteiger charge is -2.22. The van der Waals surface area contributed by atoms with E-state index in [9.17, 15) is 13.2 Å². The van der Waals surface area contributed by atoms with Crippen molar-refractivity contribution >= 4 is 27.3 Å². The molecule has 11 heteroatoms. The molecule has 2 aromatic heterocycles. The van der Waals surface area contributed by atoms with Crippen molar-refractivity contribution in [1.82, 2.24) is 19.7 Å². The SMILES string of the molecule is CCc1nnc(S(=O)(=O)CCOC(=O)Nc2ccc(N(CC)CC)cc2C)n1-c1ccccn1. The fourth-order valence-corrected chi connectivity index (χ4v) is 4.63. The van der Waals surface area contributed by atoms with Crippen LogP contribution >= 0.6 is 0 Å². The van der Waals surface area contributed by atoms with Gasteiger partial charge < -0.3 is 9.64 Å². The van der Waals surface area contributed by atoms with E-state index >= 15 is 0 Å². The van der Waals surface area contributed by atoms with Crippen LogP contribution in [0.3, 0.4) is 0 Å². The van der Waals surface area contributed by atoms with Crippen molar-refractivity contribution in [2.24, 2.45) is 0 Å². The molecule has 0 saturated carbocycles. The third-order valence-electron chi connectivity index (χ3n) is 5.33. The van der Waals surface area contributed by atoms with Gasteiger partial charge in [0.05, 0.1) is 5.75 Å². The van der Waals surface area contributed by atoms with Gasteiger partial charge in [-0.2, -0.15) is 0 Å². The van der Waals surface area contributed by atoms with Gasteiger partial charge in [-0.05, 0) is 56.7 Å². The van der Waals surface area contributed by atoms with Crippen LogP contribution < -0.4 is 10.2 Å². The molecule has 0 radical (unpaired) electrons. The van der Waals surface area contributed by atoms with Crippen molar-refractivity contribution in [2.45, 2.75) is 39.3 Å². The van der Waals surface area contributed by atoms with Crippen LogP contribution in [0.2, 0.25) is 0 Å². The smallest absolute Gasteiger partial charge is 0.411 e. The predicted octanol–water partition coefficient (Wildman–Crippen LogP) is 3.40. The van der Waals surface area contributed by atoms with Gasteiger partial charge in [-0.25, -0.2) is 18.2 Å². The van der Waals surface area contributed by atoms with Crippen LogP contribution in [0.15, 0.2) is 47.8 Å². The Morgan fingerprint density at radius 3 is 2.50 bits per heavy atom. The average molecular weight is 487 g/mol. The van der Waals surface area contributed by atoms with Gasteiger partial charge in [-0.15, -0.1) is 10.2 Å². The number of hydrogen-bond donors (Lipinski definition) is 1. The standard InChI is InChI=1S/C23H30N6O4S/c1-5-20-26-27-22(29(20)21-10-8-9-13-24-21)34(31,32)15-14-33-23(30)25-19-12-11-18(16-17(19)4)28(6-2)7-3/h8-13,16H,5-7,14-15H2,1-4H3,(H,25,30).